The molecule has 0 bridgehead atoms. The summed E-state index contributed by atoms with van der Waals surface area (Å²) in [5.74, 6) is 1.58. The molecule has 1 unspecified atom stereocenters. The molecule has 3 aliphatic rings. The van der Waals surface area contributed by atoms with Crippen molar-refractivity contribution in [3.8, 4) is 11.5 Å². The number of carbonyl (C=O) groups is 1. The van der Waals surface area contributed by atoms with Crippen LogP contribution in [0, 0.1) is 13.8 Å². The fourth-order valence-electron chi connectivity index (χ4n) is 6.74. The van der Waals surface area contributed by atoms with Crippen LogP contribution in [0.3, 0.4) is 0 Å². The minimum atomic E-state index is -0.410. The molecule has 0 aliphatic carbocycles. The lowest BCUT2D eigenvalue weighted by atomic mass is 9.82. The van der Waals surface area contributed by atoms with Crippen molar-refractivity contribution < 1.29 is 19.4 Å². The minimum Gasteiger partial charge on any atom is -0.497 e. The summed E-state index contributed by atoms with van der Waals surface area (Å²) in [6, 6.07) is 10.7. The standard InChI is InChI=1S/C30H39N3O4/c1-20-12-21(2)14-23(13-20)18-31-8-6-30(7-9-31)27-15-22(3)28-24(16-25(36-4)17-26(28)37-5)19-32(27)29(35)33(30)10-11-34/h12-17,22,34H,6-11,18-19H2,1-5H3. The number of likely N-dealkylation sites (tertiary alicyclic amines) is 1. The zero-order valence-corrected chi connectivity index (χ0v) is 22.7. The van der Waals surface area contributed by atoms with E-state index in [-0.39, 0.29) is 18.6 Å². The molecule has 0 saturated carbocycles. The normalized spacial score (nSPS) is 21.0. The van der Waals surface area contributed by atoms with Gasteiger partial charge in [0.2, 0.25) is 0 Å². The topological polar surface area (TPSA) is 65.5 Å². The van der Waals surface area contributed by atoms with E-state index in [0.717, 1.165) is 60.8 Å². The van der Waals surface area contributed by atoms with Crippen LogP contribution in [0.1, 0.15) is 53.5 Å². The number of benzene rings is 2. The van der Waals surface area contributed by atoms with Gasteiger partial charge in [-0.05, 0) is 43.9 Å². The molecule has 1 N–H and O–H groups in total. The third kappa shape index (κ3) is 4.48. The second-order valence-corrected chi connectivity index (χ2v) is 10.8. The lowest BCUT2D eigenvalue weighted by Gasteiger charge is -2.44. The first kappa shape index (κ1) is 25.6. The molecule has 2 aromatic rings. The summed E-state index contributed by atoms with van der Waals surface area (Å²) in [4.78, 5) is 20.2. The largest absolute Gasteiger partial charge is 0.497 e. The van der Waals surface area contributed by atoms with Crippen molar-refractivity contribution in [3.63, 3.8) is 0 Å². The van der Waals surface area contributed by atoms with Crippen molar-refractivity contribution in [2.24, 2.45) is 0 Å². The summed E-state index contributed by atoms with van der Waals surface area (Å²) >= 11 is 0. The molecule has 3 heterocycles. The molecule has 7 heteroatoms. The van der Waals surface area contributed by atoms with Crippen LogP contribution in [0.4, 0.5) is 4.79 Å². The highest BCUT2D eigenvalue weighted by atomic mass is 16.5. The number of piperidine rings is 1. The minimum absolute atomic E-state index is 0.0232. The first-order valence-electron chi connectivity index (χ1n) is 13.3. The molecule has 2 aromatic carbocycles. The quantitative estimate of drug-likeness (QED) is 0.622. The zero-order chi connectivity index (χ0) is 26.3. The van der Waals surface area contributed by atoms with Gasteiger partial charge in [0.05, 0.1) is 32.9 Å². The molecule has 1 spiro atoms. The van der Waals surface area contributed by atoms with E-state index in [4.69, 9.17) is 9.47 Å². The van der Waals surface area contributed by atoms with Crippen molar-refractivity contribution in [2.75, 3.05) is 40.5 Å². The third-order valence-electron chi connectivity index (χ3n) is 8.29. The summed E-state index contributed by atoms with van der Waals surface area (Å²) in [7, 11) is 3.33. The van der Waals surface area contributed by atoms with Gasteiger partial charge in [0.25, 0.3) is 0 Å². The first-order valence-corrected chi connectivity index (χ1v) is 13.3. The molecule has 3 aliphatic heterocycles. The van der Waals surface area contributed by atoms with Crippen LogP contribution in [0.25, 0.3) is 0 Å². The fourth-order valence-corrected chi connectivity index (χ4v) is 6.74. The predicted molar refractivity (Wildman–Crippen MR) is 144 cm³/mol. The summed E-state index contributed by atoms with van der Waals surface area (Å²) in [6.45, 7) is 9.93. The Morgan fingerprint density at radius 2 is 1.73 bits per heavy atom. The lowest BCUT2D eigenvalue weighted by Crippen LogP contribution is -2.54. The van der Waals surface area contributed by atoms with Crippen LogP contribution in [0.15, 0.2) is 42.1 Å². The number of allylic oxidation sites excluding steroid dienone is 1. The van der Waals surface area contributed by atoms with Gasteiger partial charge in [-0.15, -0.1) is 0 Å². The molecular weight excluding hydrogens is 466 g/mol. The molecule has 0 aromatic heterocycles. The lowest BCUT2D eigenvalue weighted by molar-refractivity contribution is 0.0746. The van der Waals surface area contributed by atoms with Crippen molar-refractivity contribution in [1.29, 1.82) is 0 Å². The predicted octanol–water partition coefficient (Wildman–Crippen LogP) is 4.59. The smallest absolute Gasteiger partial charge is 0.325 e. The SMILES string of the molecule is COc1cc2c(c(OC)c1)C(C)C=C1N(C2)C(=O)N(CCO)C12CCN(Cc1cc(C)cc(C)c1)CC2. The summed E-state index contributed by atoms with van der Waals surface area (Å²) < 4.78 is 11.3. The number of rotatable bonds is 6. The Morgan fingerprint density at radius 3 is 2.35 bits per heavy atom. The monoisotopic (exact) mass is 505 g/mol. The highest BCUT2D eigenvalue weighted by molar-refractivity contribution is 5.83. The second-order valence-electron chi connectivity index (χ2n) is 10.8. The average Bonchev–Trinajstić information content (AvgIpc) is 2.97. The summed E-state index contributed by atoms with van der Waals surface area (Å²) in [5, 5.41) is 9.92. The number of aliphatic hydroxyl groups excluding tert-OH is 1. The summed E-state index contributed by atoms with van der Waals surface area (Å²) in [5.41, 5.74) is 6.72. The maximum atomic E-state index is 13.9. The van der Waals surface area contributed by atoms with Gasteiger partial charge in [0, 0.05) is 49.4 Å². The van der Waals surface area contributed by atoms with Gasteiger partial charge in [-0.25, -0.2) is 4.79 Å². The van der Waals surface area contributed by atoms with E-state index < -0.39 is 5.54 Å². The van der Waals surface area contributed by atoms with Gasteiger partial charge in [0.1, 0.15) is 11.5 Å². The van der Waals surface area contributed by atoms with Gasteiger partial charge < -0.3 is 19.5 Å². The molecule has 1 atom stereocenters. The Balaban J connectivity index is 1.47. The third-order valence-corrected chi connectivity index (χ3v) is 8.29. The number of aliphatic hydroxyl groups is 1. The summed E-state index contributed by atoms with van der Waals surface area (Å²) in [6.07, 6.45) is 3.94. The molecular formula is C30H39N3O4. The maximum Gasteiger partial charge on any atom is 0.325 e. The Kier molecular flexibility index (Phi) is 6.94. The van der Waals surface area contributed by atoms with Crippen molar-refractivity contribution in [3.05, 3.63) is 69.9 Å². The van der Waals surface area contributed by atoms with E-state index in [1.54, 1.807) is 14.2 Å². The van der Waals surface area contributed by atoms with Crippen LogP contribution in [0.2, 0.25) is 0 Å². The molecule has 198 valence electrons. The van der Waals surface area contributed by atoms with E-state index in [1.807, 2.05) is 21.9 Å². The Hall–Kier alpha value is -3.03. The van der Waals surface area contributed by atoms with Crippen LogP contribution in [0.5, 0.6) is 11.5 Å². The van der Waals surface area contributed by atoms with E-state index in [0.29, 0.717) is 13.1 Å². The molecule has 37 heavy (non-hydrogen) atoms. The Labute approximate surface area is 220 Å². The van der Waals surface area contributed by atoms with Crippen LogP contribution in [-0.4, -0.2) is 71.8 Å². The number of methoxy groups -OCH3 is 2. The number of carbonyl (C=O) groups excluding carboxylic acids is 1. The first-order chi connectivity index (χ1) is 17.8. The van der Waals surface area contributed by atoms with Crippen molar-refractivity contribution in [1.82, 2.24) is 14.7 Å². The van der Waals surface area contributed by atoms with E-state index in [1.165, 1.54) is 16.7 Å². The molecule has 5 rings (SSSR count). The number of amides is 2. The highest BCUT2D eigenvalue weighted by Gasteiger charge is 2.55. The van der Waals surface area contributed by atoms with Gasteiger partial charge in [0.15, 0.2) is 0 Å². The van der Waals surface area contributed by atoms with Crippen molar-refractivity contribution in [2.45, 2.75) is 58.2 Å². The van der Waals surface area contributed by atoms with Gasteiger partial charge in [-0.2, -0.15) is 0 Å². The van der Waals surface area contributed by atoms with Crippen LogP contribution in [-0.2, 0) is 13.1 Å². The molecule has 7 nitrogen and oxygen atoms in total. The zero-order valence-electron chi connectivity index (χ0n) is 22.7. The number of hydrogen-bond donors (Lipinski definition) is 1. The van der Waals surface area contributed by atoms with Crippen LogP contribution >= 0.6 is 0 Å². The van der Waals surface area contributed by atoms with E-state index in [9.17, 15) is 9.90 Å². The van der Waals surface area contributed by atoms with Crippen molar-refractivity contribution >= 4 is 6.03 Å². The number of fused-ring (bicyclic) bond motifs is 3. The van der Waals surface area contributed by atoms with Gasteiger partial charge >= 0.3 is 6.03 Å². The Bertz CT molecular complexity index is 1200. The number of ether oxygens (including phenoxy) is 2. The number of hydrogen-bond acceptors (Lipinski definition) is 5. The van der Waals surface area contributed by atoms with Gasteiger partial charge in [-0.3, -0.25) is 9.80 Å². The maximum absolute atomic E-state index is 13.9. The molecule has 2 fully saturated rings. The molecule has 2 saturated heterocycles. The van der Waals surface area contributed by atoms with Gasteiger partial charge in [-0.1, -0.05) is 42.3 Å². The molecule has 2 amide bonds. The number of aryl methyl sites for hydroxylation is 2. The number of urea groups is 1. The highest BCUT2D eigenvalue weighted by Crippen LogP contribution is 2.49. The van der Waals surface area contributed by atoms with Crippen LogP contribution < -0.4 is 9.47 Å². The number of β-amino-alcohol motifs (C(OH)–C–C–N with tert-alkyl or cyclic N) is 1. The second kappa shape index (κ2) is 10.0. The van der Waals surface area contributed by atoms with E-state index >= 15 is 0 Å². The number of nitrogens with zero attached hydrogens (tertiary/aromatic N) is 3. The fraction of sp³-hybridized carbons (Fsp3) is 0.500. The molecule has 0 radical (unpaired) electrons. The Morgan fingerprint density at radius 1 is 1.03 bits per heavy atom. The van der Waals surface area contributed by atoms with E-state index in [2.05, 4.69) is 49.9 Å². The average molecular weight is 506 g/mol.